The number of esters is 1. The molecule has 0 rings (SSSR count). The molecule has 0 aromatic carbocycles. The molecular formula is C10H18N2O3. The maximum Gasteiger partial charge on any atom is 0.333 e. The summed E-state index contributed by atoms with van der Waals surface area (Å²) in [5, 5.41) is 2.52. The maximum atomic E-state index is 11.3. The SMILES string of the molecule is C=COC(=O)[C@H](CCCCN)NC(C)=O. The van der Waals surface area contributed by atoms with Crippen molar-refractivity contribution in [3.8, 4) is 0 Å². The Morgan fingerprint density at radius 3 is 2.67 bits per heavy atom. The van der Waals surface area contributed by atoms with Crippen LogP contribution >= 0.6 is 0 Å². The molecule has 0 spiro atoms. The summed E-state index contributed by atoms with van der Waals surface area (Å²) in [5.41, 5.74) is 5.33. The number of carbonyl (C=O) groups excluding carboxylic acids is 2. The molecule has 0 radical (unpaired) electrons. The fourth-order valence-corrected chi connectivity index (χ4v) is 1.15. The Balaban J connectivity index is 4.10. The number of nitrogens with two attached hydrogens (primary N) is 1. The van der Waals surface area contributed by atoms with Gasteiger partial charge in [-0.3, -0.25) is 4.79 Å². The summed E-state index contributed by atoms with van der Waals surface area (Å²) in [6.45, 7) is 5.21. The zero-order valence-corrected chi connectivity index (χ0v) is 8.99. The van der Waals surface area contributed by atoms with Crippen LogP contribution in [0.3, 0.4) is 0 Å². The number of carbonyl (C=O) groups is 2. The summed E-state index contributed by atoms with van der Waals surface area (Å²) in [6, 6.07) is -0.605. The van der Waals surface area contributed by atoms with Gasteiger partial charge in [0.1, 0.15) is 6.04 Å². The minimum atomic E-state index is -0.605. The van der Waals surface area contributed by atoms with Gasteiger partial charge < -0.3 is 15.8 Å². The molecule has 0 fully saturated rings. The van der Waals surface area contributed by atoms with Crippen molar-refractivity contribution in [1.29, 1.82) is 0 Å². The fourth-order valence-electron chi connectivity index (χ4n) is 1.15. The molecule has 0 saturated carbocycles. The normalized spacial score (nSPS) is 11.6. The van der Waals surface area contributed by atoms with E-state index in [9.17, 15) is 9.59 Å². The van der Waals surface area contributed by atoms with Crippen molar-refractivity contribution in [2.45, 2.75) is 32.2 Å². The quantitative estimate of drug-likeness (QED) is 0.363. The second kappa shape index (κ2) is 7.99. The van der Waals surface area contributed by atoms with Crippen molar-refractivity contribution in [3.05, 3.63) is 12.8 Å². The van der Waals surface area contributed by atoms with E-state index in [0.29, 0.717) is 13.0 Å². The molecule has 1 atom stereocenters. The van der Waals surface area contributed by atoms with Crippen LogP contribution in [-0.2, 0) is 14.3 Å². The largest absolute Gasteiger partial charge is 0.434 e. The Labute approximate surface area is 89.7 Å². The molecule has 5 heteroatoms. The Bertz CT molecular complexity index is 229. The van der Waals surface area contributed by atoms with Gasteiger partial charge >= 0.3 is 5.97 Å². The van der Waals surface area contributed by atoms with Gasteiger partial charge in [0, 0.05) is 6.92 Å². The number of ether oxygens (including phenoxy) is 1. The fraction of sp³-hybridized carbons (Fsp3) is 0.600. The highest BCUT2D eigenvalue weighted by Crippen LogP contribution is 2.02. The number of amides is 1. The van der Waals surface area contributed by atoms with Crippen molar-refractivity contribution in [2.75, 3.05) is 6.54 Å². The van der Waals surface area contributed by atoms with E-state index in [1.165, 1.54) is 6.92 Å². The molecule has 0 aliphatic carbocycles. The second-order valence-corrected chi connectivity index (χ2v) is 3.14. The van der Waals surface area contributed by atoms with Gasteiger partial charge in [-0.15, -0.1) is 0 Å². The van der Waals surface area contributed by atoms with Gasteiger partial charge in [0.15, 0.2) is 0 Å². The molecule has 0 aromatic rings. The summed E-state index contributed by atoms with van der Waals surface area (Å²) in [7, 11) is 0. The zero-order valence-electron chi connectivity index (χ0n) is 8.99. The monoisotopic (exact) mass is 214 g/mol. The van der Waals surface area contributed by atoms with Crippen molar-refractivity contribution >= 4 is 11.9 Å². The van der Waals surface area contributed by atoms with Gasteiger partial charge in [-0.1, -0.05) is 6.58 Å². The summed E-state index contributed by atoms with van der Waals surface area (Å²) in [6.07, 6.45) is 3.18. The molecule has 0 unspecified atom stereocenters. The lowest BCUT2D eigenvalue weighted by Crippen LogP contribution is -2.40. The first-order chi connectivity index (χ1) is 7.11. The smallest absolute Gasteiger partial charge is 0.333 e. The summed E-state index contributed by atoms with van der Waals surface area (Å²) >= 11 is 0. The molecular weight excluding hydrogens is 196 g/mol. The molecule has 0 aromatic heterocycles. The number of hydrogen-bond acceptors (Lipinski definition) is 4. The molecule has 3 N–H and O–H groups in total. The van der Waals surface area contributed by atoms with Crippen LogP contribution in [0.1, 0.15) is 26.2 Å². The topological polar surface area (TPSA) is 81.4 Å². The van der Waals surface area contributed by atoms with Crippen LogP contribution in [0.4, 0.5) is 0 Å². The van der Waals surface area contributed by atoms with Crippen LogP contribution in [0.25, 0.3) is 0 Å². The molecule has 0 aliphatic rings. The Hall–Kier alpha value is -1.36. The summed E-state index contributed by atoms with van der Waals surface area (Å²) in [4.78, 5) is 22.2. The van der Waals surface area contributed by atoms with Crippen molar-refractivity contribution < 1.29 is 14.3 Å². The van der Waals surface area contributed by atoms with Crippen LogP contribution < -0.4 is 11.1 Å². The minimum Gasteiger partial charge on any atom is -0.434 e. The first-order valence-corrected chi connectivity index (χ1v) is 4.90. The molecule has 1 amide bonds. The lowest BCUT2D eigenvalue weighted by atomic mass is 10.1. The molecule has 15 heavy (non-hydrogen) atoms. The highest BCUT2D eigenvalue weighted by atomic mass is 16.5. The van der Waals surface area contributed by atoms with Crippen molar-refractivity contribution in [1.82, 2.24) is 5.32 Å². The first-order valence-electron chi connectivity index (χ1n) is 4.90. The van der Waals surface area contributed by atoms with Gasteiger partial charge in [-0.05, 0) is 25.8 Å². The average Bonchev–Trinajstić information content (AvgIpc) is 2.16. The molecule has 0 saturated heterocycles. The van der Waals surface area contributed by atoms with E-state index in [0.717, 1.165) is 19.1 Å². The Kier molecular flexibility index (Phi) is 7.27. The molecule has 5 nitrogen and oxygen atoms in total. The minimum absolute atomic E-state index is 0.256. The van der Waals surface area contributed by atoms with Crippen LogP contribution in [0.5, 0.6) is 0 Å². The number of rotatable bonds is 7. The number of hydrogen-bond donors (Lipinski definition) is 2. The lowest BCUT2D eigenvalue weighted by Gasteiger charge is -2.14. The van der Waals surface area contributed by atoms with Gasteiger partial charge in [0.2, 0.25) is 5.91 Å². The van der Waals surface area contributed by atoms with E-state index in [2.05, 4.69) is 16.6 Å². The van der Waals surface area contributed by atoms with Gasteiger partial charge in [-0.25, -0.2) is 4.79 Å². The van der Waals surface area contributed by atoms with Crippen molar-refractivity contribution in [2.24, 2.45) is 5.73 Å². The van der Waals surface area contributed by atoms with E-state index in [1.807, 2.05) is 0 Å². The molecule has 0 aliphatic heterocycles. The van der Waals surface area contributed by atoms with Crippen LogP contribution in [0.2, 0.25) is 0 Å². The Morgan fingerprint density at radius 1 is 1.53 bits per heavy atom. The third-order valence-electron chi connectivity index (χ3n) is 1.81. The average molecular weight is 214 g/mol. The Morgan fingerprint density at radius 2 is 2.20 bits per heavy atom. The van der Waals surface area contributed by atoms with Gasteiger partial charge in [0.25, 0.3) is 0 Å². The molecule has 0 heterocycles. The van der Waals surface area contributed by atoms with E-state index >= 15 is 0 Å². The maximum absolute atomic E-state index is 11.3. The highest BCUT2D eigenvalue weighted by Gasteiger charge is 2.19. The standard InChI is InChI=1S/C10H18N2O3/c1-3-15-10(14)9(12-8(2)13)6-4-5-7-11/h3,9H,1,4-7,11H2,2H3,(H,12,13)/t9-/m0/s1. The van der Waals surface area contributed by atoms with Crippen LogP contribution in [0, 0.1) is 0 Å². The number of unbranched alkanes of at least 4 members (excludes halogenated alkanes) is 1. The lowest BCUT2D eigenvalue weighted by molar-refractivity contribution is -0.142. The van der Waals surface area contributed by atoms with Gasteiger partial charge in [0.05, 0.1) is 6.26 Å². The zero-order chi connectivity index (χ0) is 11.7. The predicted molar refractivity (Wildman–Crippen MR) is 56.8 cm³/mol. The van der Waals surface area contributed by atoms with Crippen molar-refractivity contribution in [3.63, 3.8) is 0 Å². The molecule has 0 bridgehead atoms. The summed E-state index contributed by atoms with van der Waals surface area (Å²) in [5.74, 6) is -0.744. The van der Waals surface area contributed by atoms with E-state index < -0.39 is 12.0 Å². The summed E-state index contributed by atoms with van der Waals surface area (Å²) < 4.78 is 4.61. The first kappa shape index (κ1) is 13.6. The third kappa shape index (κ3) is 6.68. The highest BCUT2D eigenvalue weighted by molar-refractivity contribution is 5.83. The van der Waals surface area contributed by atoms with Crippen LogP contribution in [0.15, 0.2) is 12.8 Å². The van der Waals surface area contributed by atoms with E-state index in [4.69, 9.17) is 5.73 Å². The third-order valence-corrected chi connectivity index (χ3v) is 1.81. The van der Waals surface area contributed by atoms with E-state index in [-0.39, 0.29) is 5.91 Å². The number of nitrogens with one attached hydrogen (secondary N) is 1. The van der Waals surface area contributed by atoms with Gasteiger partial charge in [-0.2, -0.15) is 0 Å². The second-order valence-electron chi connectivity index (χ2n) is 3.14. The predicted octanol–water partition coefficient (Wildman–Crippen LogP) is 0.307. The molecule has 86 valence electrons. The van der Waals surface area contributed by atoms with Crippen LogP contribution in [-0.4, -0.2) is 24.5 Å². The van der Waals surface area contributed by atoms with E-state index in [1.54, 1.807) is 0 Å².